The van der Waals surface area contributed by atoms with Gasteiger partial charge in [0, 0.05) is 30.3 Å². The quantitative estimate of drug-likeness (QED) is 0.879. The van der Waals surface area contributed by atoms with Gasteiger partial charge in [-0.1, -0.05) is 30.3 Å². The number of thiazole rings is 1. The summed E-state index contributed by atoms with van der Waals surface area (Å²) in [5, 5.41) is 5.96. The molecule has 1 N–H and O–H groups in total. The average molecular weight is 372 g/mol. The van der Waals surface area contributed by atoms with Crippen LogP contribution in [-0.4, -0.2) is 33.8 Å². The van der Waals surface area contributed by atoms with Crippen LogP contribution in [0.15, 0.2) is 35.7 Å². The van der Waals surface area contributed by atoms with Gasteiger partial charge in [-0.3, -0.25) is 9.59 Å². The van der Waals surface area contributed by atoms with Crippen molar-refractivity contribution in [3.05, 3.63) is 52.0 Å². The van der Waals surface area contributed by atoms with E-state index in [1.807, 2.05) is 44.4 Å². The zero-order chi connectivity index (χ0) is 18.7. The number of nitrogens with zero attached hydrogens (tertiary/aromatic N) is 2. The van der Waals surface area contributed by atoms with Crippen molar-refractivity contribution in [3.8, 4) is 0 Å². The molecular weight excluding hydrogens is 346 g/mol. The zero-order valence-electron chi connectivity index (χ0n) is 15.5. The van der Waals surface area contributed by atoms with E-state index in [1.54, 1.807) is 16.2 Å². The Bertz CT molecular complexity index is 780. The fourth-order valence-corrected chi connectivity index (χ4v) is 3.96. The van der Waals surface area contributed by atoms with Gasteiger partial charge in [0.15, 0.2) is 0 Å². The van der Waals surface area contributed by atoms with Crippen LogP contribution in [-0.2, 0) is 22.6 Å². The predicted octanol–water partition coefficient (Wildman–Crippen LogP) is 3.00. The van der Waals surface area contributed by atoms with Crippen LogP contribution in [0.1, 0.15) is 43.5 Å². The molecule has 0 bridgehead atoms. The third-order valence-corrected chi connectivity index (χ3v) is 5.44. The Labute approximate surface area is 158 Å². The molecule has 3 rings (SSSR count). The molecule has 0 spiro atoms. The lowest BCUT2D eigenvalue weighted by molar-refractivity contribution is -0.132. The maximum absolute atomic E-state index is 12.4. The smallest absolute Gasteiger partial charge is 0.225 e. The first-order valence-electron chi connectivity index (χ1n) is 8.88. The van der Waals surface area contributed by atoms with Gasteiger partial charge in [-0.15, -0.1) is 11.3 Å². The number of carbonyl (C=O) groups excluding carboxylic acids is 2. The van der Waals surface area contributed by atoms with Crippen LogP contribution in [0.5, 0.6) is 0 Å². The number of aromatic nitrogens is 1. The molecule has 26 heavy (non-hydrogen) atoms. The molecule has 0 aliphatic carbocycles. The summed E-state index contributed by atoms with van der Waals surface area (Å²) in [5.74, 6) is -0.289. The lowest BCUT2D eigenvalue weighted by Gasteiger charge is -2.31. The van der Waals surface area contributed by atoms with Gasteiger partial charge in [0.2, 0.25) is 11.8 Å². The Morgan fingerprint density at radius 2 is 2.04 bits per heavy atom. The summed E-state index contributed by atoms with van der Waals surface area (Å²) in [6.45, 7) is 6.88. The van der Waals surface area contributed by atoms with Crippen LogP contribution >= 0.6 is 11.3 Å². The fourth-order valence-electron chi connectivity index (χ4n) is 3.14. The minimum atomic E-state index is -0.274. The van der Waals surface area contributed by atoms with Gasteiger partial charge in [-0.2, -0.15) is 0 Å². The molecule has 2 amide bonds. The number of nitrogens with one attached hydrogen (secondary N) is 1. The first-order valence-corrected chi connectivity index (χ1v) is 9.76. The molecule has 1 aromatic carbocycles. The molecule has 6 heteroatoms. The third-order valence-electron chi connectivity index (χ3n) is 4.55. The monoisotopic (exact) mass is 371 g/mol. The molecular formula is C20H25N3O2S. The van der Waals surface area contributed by atoms with Crippen LogP contribution in [0, 0.1) is 5.92 Å². The van der Waals surface area contributed by atoms with E-state index in [-0.39, 0.29) is 23.3 Å². The fraction of sp³-hybridized carbons (Fsp3) is 0.450. The molecule has 2 heterocycles. The number of amides is 2. The molecule has 1 aliphatic heterocycles. The maximum Gasteiger partial charge on any atom is 0.225 e. The van der Waals surface area contributed by atoms with E-state index in [2.05, 4.69) is 22.4 Å². The minimum Gasteiger partial charge on any atom is -0.350 e. The van der Waals surface area contributed by atoms with E-state index in [0.717, 1.165) is 17.1 Å². The van der Waals surface area contributed by atoms with Crippen LogP contribution in [0.2, 0.25) is 0 Å². The van der Waals surface area contributed by atoms with Crippen molar-refractivity contribution in [2.24, 2.45) is 5.92 Å². The molecule has 1 unspecified atom stereocenters. The second-order valence-electron chi connectivity index (χ2n) is 7.69. The third kappa shape index (κ3) is 4.49. The SMILES string of the molecule is CC(C)(C)N1CC(C(=O)NCc2csc(Cc3ccccc3)n2)CC1=O. The van der Waals surface area contributed by atoms with Gasteiger partial charge in [-0.25, -0.2) is 4.98 Å². The largest absolute Gasteiger partial charge is 0.350 e. The molecule has 1 aliphatic rings. The van der Waals surface area contributed by atoms with E-state index in [0.29, 0.717) is 19.5 Å². The van der Waals surface area contributed by atoms with Crippen molar-refractivity contribution in [2.75, 3.05) is 6.54 Å². The second kappa shape index (κ2) is 7.58. The van der Waals surface area contributed by atoms with Crippen molar-refractivity contribution < 1.29 is 9.59 Å². The Morgan fingerprint density at radius 3 is 2.69 bits per heavy atom. The summed E-state index contributed by atoms with van der Waals surface area (Å²) in [5.41, 5.74) is 1.85. The van der Waals surface area contributed by atoms with Crippen LogP contribution < -0.4 is 5.32 Å². The van der Waals surface area contributed by atoms with E-state index in [1.165, 1.54) is 5.56 Å². The lowest BCUT2D eigenvalue weighted by atomic mass is 10.1. The summed E-state index contributed by atoms with van der Waals surface area (Å²) in [7, 11) is 0. The van der Waals surface area contributed by atoms with Crippen molar-refractivity contribution >= 4 is 23.2 Å². The summed E-state index contributed by atoms with van der Waals surface area (Å²) in [6.07, 6.45) is 1.09. The second-order valence-corrected chi connectivity index (χ2v) is 8.63. The molecule has 0 saturated carbocycles. The van der Waals surface area contributed by atoms with Gasteiger partial charge >= 0.3 is 0 Å². The number of benzene rings is 1. The number of likely N-dealkylation sites (tertiary alicyclic amines) is 1. The lowest BCUT2D eigenvalue weighted by Crippen LogP contribution is -2.43. The van der Waals surface area contributed by atoms with E-state index in [4.69, 9.17) is 0 Å². The summed E-state index contributed by atoms with van der Waals surface area (Å²) in [6, 6.07) is 10.2. The normalized spacial score (nSPS) is 17.6. The van der Waals surface area contributed by atoms with Crippen LogP contribution in [0.25, 0.3) is 0 Å². The first kappa shape index (κ1) is 18.6. The predicted molar refractivity (Wildman–Crippen MR) is 103 cm³/mol. The molecule has 1 aromatic heterocycles. The molecule has 1 saturated heterocycles. The Balaban J connectivity index is 1.52. The van der Waals surface area contributed by atoms with Gasteiger partial charge in [-0.05, 0) is 26.3 Å². The Kier molecular flexibility index (Phi) is 5.41. The zero-order valence-corrected chi connectivity index (χ0v) is 16.3. The Morgan fingerprint density at radius 1 is 1.31 bits per heavy atom. The average Bonchev–Trinajstić information content (AvgIpc) is 3.20. The van der Waals surface area contributed by atoms with E-state index in [9.17, 15) is 9.59 Å². The topological polar surface area (TPSA) is 62.3 Å². The number of rotatable bonds is 5. The molecule has 0 radical (unpaired) electrons. The molecule has 2 aromatic rings. The van der Waals surface area contributed by atoms with E-state index >= 15 is 0 Å². The van der Waals surface area contributed by atoms with Crippen molar-refractivity contribution in [3.63, 3.8) is 0 Å². The molecule has 1 fully saturated rings. The van der Waals surface area contributed by atoms with Gasteiger partial charge in [0.25, 0.3) is 0 Å². The maximum atomic E-state index is 12.4. The summed E-state index contributed by atoms with van der Waals surface area (Å²) < 4.78 is 0. The van der Waals surface area contributed by atoms with Crippen molar-refractivity contribution in [1.29, 1.82) is 0 Å². The number of carbonyl (C=O) groups is 2. The number of hydrogen-bond donors (Lipinski definition) is 1. The highest BCUT2D eigenvalue weighted by atomic mass is 32.1. The number of hydrogen-bond acceptors (Lipinski definition) is 4. The molecule has 5 nitrogen and oxygen atoms in total. The van der Waals surface area contributed by atoms with Gasteiger partial charge < -0.3 is 10.2 Å². The standard InChI is InChI=1S/C20H25N3O2S/c1-20(2,3)23-12-15(10-18(23)24)19(25)21-11-16-13-26-17(22-16)9-14-7-5-4-6-8-14/h4-8,13,15H,9-12H2,1-3H3,(H,21,25). The summed E-state index contributed by atoms with van der Waals surface area (Å²) in [4.78, 5) is 30.9. The molecule has 138 valence electrons. The summed E-state index contributed by atoms with van der Waals surface area (Å²) >= 11 is 1.61. The van der Waals surface area contributed by atoms with Gasteiger partial charge in [0.1, 0.15) is 0 Å². The van der Waals surface area contributed by atoms with Crippen molar-refractivity contribution in [2.45, 2.75) is 45.7 Å². The van der Waals surface area contributed by atoms with Crippen LogP contribution in [0.4, 0.5) is 0 Å². The highest BCUT2D eigenvalue weighted by Crippen LogP contribution is 2.26. The highest BCUT2D eigenvalue weighted by molar-refractivity contribution is 7.09. The first-order chi connectivity index (χ1) is 12.3. The van der Waals surface area contributed by atoms with Gasteiger partial charge in [0.05, 0.1) is 23.2 Å². The Hall–Kier alpha value is -2.21. The van der Waals surface area contributed by atoms with Crippen LogP contribution in [0.3, 0.4) is 0 Å². The van der Waals surface area contributed by atoms with E-state index < -0.39 is 0 Å². The molecule has 1 atom stereocenters. The highest BCUT2D eigenvalue weighted by Gasteiger charge is 2.39. The minimum absolute atomic E-state index is 0.0523. The van der Waals surface area contributed by atoms with Crippen molar-refractivity contribution in [1.82, 2.24) is 15.2 Å².